The molecule has 0 N–H and O–H groups in total. The quantitative estimate of drug-likeness (QED) is 0.638. The number of rotatable bonds is 4. The highest BCUT2D eigenvalue weighted by Crippen LogP contribution is 2.27. The normalized spacial score (nSPS) is 20.3. The lowest BCUT2D eigenvalue weighted by Crippen LogP contribution is -2.06. The third kappa shape index (κ3) is 3.74. The SMILES string of the molecule is Cn1c(SCC2CC/C=C\CCC2)nnc1-c1cnccn1. The minimum atomic E-state index is 0.764. The molecule has 0 saturated carbocycles. The minimum absolute atomic E-state index is 0.764. The number of hydrogen-bond acceptors (Lipinski definition) is 5. The lowest BCUT2D eigenvalue weighted by molar-refractivity contribution is 0.480. The molecule has 0 bridgehead atoms. The summed E-state index contributed by atoms with van der Waals surface area (Å²) in [6.45, 7) is 0. The second kappa shape index (κ2) is 7.54. The van der Waals surface area contributed by atoms with E-state index < -0.39 is 0 Å². The molecule has 1 aliphatic rings. The third-order valence-electron chi connectivity index (χ3n) is 3.97. The van der Waals surface area contributed by atoms with Crippen molar-refractivity contribution >= 4 is 11.8 Å². The number of nitrogens with zero attached hydrogens (tertiary/aromatic N) is 5. The predicted octanol–water partition coefficient (Wildman–Crippen LogP) is 3.50. The number of aromatic nitrogens is 5. The average molecular weight is 315 g/mol. The molecular formula is C16H21N5S. The summed E-state index contributed by atoms with van der Waals surface area (Å²) in [5.74, 6) is 2.66. The van der Waals surface area contributed by atoms with Crippen LogP contribution in [0.15, 0.2) is 35.9 Å². The first-order valence-corrected chi connectivity index (χ1v) is 8.76. The Balaban J connectivity index is 1.64. The second-order valence-corrected chi connectivity index (χ2v) is 6.60. The van der Waals surface area contributed by atoms with Crippen LogP contribution in [0.5, 0.6) is 0 Å². The van der Waals surface area contributed by atoms with Crippen LogP contribution < -0.4 is 0 Å². The Morgan fingerprint density at radius 3 is 2.95 bits per heavy atom. The zero-order valence-corrected chi connectivity index (χ0v) is 13.7. The Morgan fingerprint density at radius 2 is 2.09 bits per heavy atom. The monoisotopic (exact) mass is 315 g/mol. The average Bonchev–Trinajstić information content (AvgIpc) is 2.88. The van der Waals surface area contributed by atoms with Gasteiger partial charge in [0.1, 0.15) is 5.69 Å². The fourth-order valence-electron chi connectivity index (χ4n) is 2.67. The molecule has 0 aliphatic heterocycles. The van der Waals surface area contributed by atoms with Crippen molar-refractivity contribution in [3.8, 4) is 11.5 Å². The van der Waals surface area contributed by atoms with Crippen molar-refractivity contribution in [1.29, 1.82) is 0 Å². The maximum atomic E-state index is 4.31. The molecule has 1 atom stereocenters. The van der Waals surface area contributed by atoms with Crippen molar-refractivity contribution < 1.29 is 0 Å². The van der Waals surface area contributed by atoms with Gasteiger partial charge in [-0.1, -0.05) is 23.9 Å². The van der Waals surface area contributed by atoms with Crippen LogP contribution in [0, 0.1) is 5.92 Å². The van der Waals surface area contributed by atoms with Crippen molar-refractivity contribution in [3.63, 3.8) is 0 Å². The van der Waals surface area contributed by atoms with Gasteiger partial charge in [-0.15, -0.1) is 10.2 Å². The summed E-state index contributed by atoms with van der Waals surface area (Å²) >= 11 is 1.80. The van der Waals surface area contributed by atoms with E-state index >= 15 is 0 Å². The zero-order valence-electron chi connectivity index (χ0n) is 12.9. The summed E-state index contributed by atoms with van der Waals surface area (Å²) in [7, 11) is 1.99. The van der Waals surface area contributed by atoms with E-state index in [0.717, 1.165) is 28.3 Å². The molecule has 0 fully saturated rings. The molecule has 2 heterocycles. The summed E-state index contributed by atoms with van der Waals surface area (Å²) < 4.78 is 2.01. The Kier molecular flexibility index (Phi) is 5.21. The lowest BCUT2D eigenvalue weighted by Gasteiger charge is -2.16. The molecule has 6 heteroatoms. The zero-order chi connectivity index (χ0) is 15.2. The van der Waals surface area contributed by atoms with E-state index in [1.165, 1.54) is 32.1 Å². The van der Waals surface area contributed by atoms with E-state index in [2.05, 4.69) is 32.3 Å². The van der Waals surface area contributed by atoms with Gasteiger partial charge >= 0.3 is 0 Å². The largest absolute Gasteiger partial charge is 0.304 e. The maximum Gasteiger partial charge on any atom is 0.191 e. The molecule has 0 aromatic carbocycles. The number of allylic oxidation sites excluding steroid dienone is 2. The van der Waals surface area contributed by atoms with Gasteiger partial charge in [-0.25, -0.2) is 4.98 Å². The van der Waals surface area contributed by atoms with Crippen molar-refractivity contribution in [2.75, 3.05) is 5.75 Å². The highest BCUT2D eigenvalue weighted by Gasteiger charge is 2.15. The molecule has 116 valence electrons. The first-order valence-electron chi connectivity index (χ1n) is 7.78. The van der Waals surface area contributed by atoms with Crippen molar-refractivity contribution in [1.82, 2.24) is 24.7 Å². The van der Waals surface area contributed by atoms with E-state index in [4.69, 9.17) is 0 Å². The fourth-order valence-corrected chi connectivity index (χ4v) is 3.77. The molecule has 5 nitrogen and oxygen atoms in total. The first kappa shape index (κ1) is 15.2. The highest BCUT2D eigenvalue weighted by atomic mass is 32.2. The summed E-state index contributed by atoms with van der Waals surface area (Å²) in [5, 5.41) is 9.53. The van der Waals surface area contributed by atoms with Crippen LogP contribution in [0.4, 0.5) is 0 Å². The van der Waals surface area contributed by atoms with E-state index in [-0.39, 0.29) is 0 Å². The van der Waals surface area contributed by atoms with E-state index in [9.17, 15) is 0 Å². The van der Waals surface area contributed by atoms with Gasteiger partial charge in [-0.3, -0.25) is 4.98 Å². The van der Waals surface area contributed by atoms with Gasteiger partial charge in [0.15, 0.2) is 11.0 Å². The van der Waals surface area contributed by atoms with Gasteiger partial charge in [0.05, 0.1) is 6.20 Å². The molecule has 2 aromatic heterocycles. The maximum absolute atomic E-state index is 4.31. The summed E-state index contributed by atoms with van der Waals surface area (Å²) in [4.78, 5) is 8.39. The molecule has 3 rings (SSSR count). The van der Waals surface area contributed by atoms with Gasteiger partial charge in [0.25, 0.3) is 0 Å². The summed E-state index contributed by atoms with van der Waals surface area (Å²) in [6.07, 6.45) is 16.0. The molecule has 22 heavy (non-hydrogen) atoms. The van der Waals surface area contributed by atoms with Crippen molar-refractivity contribution in [2.45, 2.75) is 37.3 Å². The fraction of sp³-hybridized carbons (Fsp3) is 0.500. The Hall–Kier alpha value is -1.69. The van der Waals surface area contributed by atoms with Gasteiger partial charge in [-0.2, -0.15) is 0 Å². The standard InChI is InChI=1S/C16H21N5S/c1-21-15(14-11-17-9-10-18-14)19-20-16(21)22-12-13-7-5-3-2-4-6-8-13/h2-3,9-11,13H,4-8,12H2,1H3/b3-2-. The van der Waals surface area contributed by atoms with E-state index in [0.29, 0.717) is 0 Å². The van der Waals surface area contributed by atoms with Crippen LogP contribution in [0.3, 0.4) is 0 Å². The third-order valence-corrected chi connectivity index (χ3v) is 5.22. The summed E-state index contributed by atoms with van der Waals surface area (Å²) in [5.41, 5.74) is 0.764. The number of hydrogen-bond donors (Lipinski definition) is 0. The topological polar surface area (TPSA) is 56.5 Å². The van der Waals surface area contributed by atoms with Crippen LogP contribution >= 0.6 is 11.8 Å². The smallest absolute Gasteiger partial charge is 0.191 e. The first-order chi connectivity index (χ1) is 10.8. The Labute approximate surface area is 135 Å². The van der Waals surface area contributed by atoms with Gasteiger partial charge in [-0.05, 0) is 38.0 Å². The van der Waals surface area contributed by atoms with Crippen LogP contribution in [0.1, 0.15) is 32.1 Å². The van der Waals surface area contributed by atoms with E-state index in [1.54, 1.807) is 30.4 Å². The van der Waals surface area contributed by atoms with E-state index in [1.807, 2.05) is 11.6 Å². The minimum Gasteiger partial charge on any atom is -0.304 e. The molecule has 0 spiro atoms. The molecule has 2 aromatic rings. The van der Waals surface area contributed by atoms with Crippen LogP contribution in [0.2, 0.25) is 0 Å². The number of thioether (sulfide) groups is 1. The van der Waals surface area contributed by atoms with Gasteiger partial charge in [0.2, 0.25) is 0 Å². The lowest BCUT2D eigenvalue weighted by atomic mass is 9.96. The Bertz CT molecular complexity index is 623. The second-order valence-electron chi connectivity index (χ2n) is 5.61. The predicted molar refractivity (Wildman–Crippen MR) is 88.5 cm³/mol. The highest BCUT2D eigenvalue weighted by molar-refractivity contribution is 7.99. The van der Waals surface area contributed by atoms with Gasteiger partial charge < -0.3 is 4.57 Å². The molecule has 1 unspecified atom stereocenters. The van der Waals surface area contributed by atoms with Crippen LogP contribution in [-0.4, -0.2) is 30.5 Å². The van der Waals surface area contributed by atoms with Gasteiger partial charge in [0, 0.05) is 25.2 Å². The van der Waals surface area contributed by atoms with Crippen molar-refractivity contribution in [3.05, 3.63) is 30.7 Å². The molecule has 0 radical (unpaired) electrons. The molecule has 1 aliphatic carbocycles. The van der Waals surface area contributed by atoms with Crippen LogP contribution in [0.25, 0.3) is 11.5 Å². The molecule has 0 saturated heterocycles. The Morgan fingerprint density at radius 1 is 1.18 bits per heavy atom. The molecular weight excluding hydrogens is 294 g/mol. The molecule has 0 amide bonds. The summed E-state index contributed by atoms with van der Waals surface area (Å²) in [6, 6.07) is 0. The van der Waals surface area contributed by atoms with Crippen LogP contribution in [-0.2, 0) is 7.05 Å². The van der Waals surface area contributed by atoms with Crippen molar-refractivity contribution in [2.24, 2.45) is 13.0 Å².